The molecule has 1 saturated carbocycles. The molecule has 1 amide bonds. The monoisotopic (exact) mass is 294 g/mol. The van der Waals surface area contributed by atoms with E-state index in [0.717, 1.165) is 17.6 Å². The molecular formula is C13H15BrN2O. The Morgan fingerprint density at radius 3 is 2.59 bits per heavy atom. The van der Waals surface area contributed by atoms with Gasteiger partial charge in [0.2, 0.25) is 5.91 Å². The molecule has 0 bridgehead atoms. The van der Waals surface area contributed by atoms with Crippen LogP contribution in [0.3, 0.4) is 0 Å². The van der Waals surface area contributed by atoms with Gasteiger partial charge in [0.25, 0.3) is 0 Å². The second kappa shape index (κ2) is 4.10. The molecule has 3 nitrogen and oxygen atoms in total. The highest BCUT2D eigenvalue weighted by Crippen LogP contribution is 2.52. The van der Waals surface area contributed by atoms with Gasteiger partial charge >= 0.3 is 0 Å². The Balaban J connectivity index is 1.65. The Morgan fingerprint density at radius 2 is 2.06 bits per heavy atom. The third kappa shape index (κ3) is 1.89. The number of nitrogens with two attached hydrogens (primary N) is 1. The lowest BCUT2D eigenvalue weighted by atomic mass is 10.2. The van der Waals surface area contributed by atoms with E-state index < -0.39 is 0 Å². The minimum Gasteiger partial charge on any atom is -0.338 e. The zero-order valence-electron chi connectivity index (χ0n) is 9.47. The van der Waals surface area contributed by atoms with Crippen molar-refractivity contribution in [2.45, 2.75) is 6.54 Å². The molecule has 1 heterocycles. The summed E-state index contributed by atoms with van der Waals surface area (Å²) in [6.45, 7) is 2.28. The molecule has 0 aromatic heterocycles. The van der Waals surface area contributed by atoms with Crippen molar-refractivity contribution in [1.82, 2.24) is 4.90 Å². The first kappa shape index (κ1) is 11.2. The fourth-order valence-electron chi connectivity index (χ4n) is 2.89. The summed E-state index contributed by atoms with van der Waals surface area (Å²) in [5, 5.41) is 0. The zero-order valence-corrected chi connectivity index (χ0v) is 11.1. The van der Waals surface area contributed by atoms with Crippen LogP contribution in [0.4, 0.5) is 0 Å². The number of hydrogen-bond acceptors (Lipinski definition) is 2. The third-order valence-corrected chi connectivity index (χ3v) is 4.45. The first-order chi connectivity index (χ1) is 8.20. The number of nitrogens with zero attached hydrogens (tertiary/aromatic N) is 1. The molecule has 0 radical (unpaired) electrons. The van der Waals surface area contributed by atoms with Gasteiger partial charge in [0.1, 0.15) is 0 Å². The Bertz CT molecular complexity index is 445. The molecule has 3 rings (SSSR count). The molecule has 2 N–H and O–H groups in total. The number of amides is 1. The van der Waals surface area contributed by atoms with Crippen LogP contribution < -0.4 is 5.73 Å². The summed E-state index contributed by atoms with van der Waals surface area (Å²) in [6.07, 6.45) is 0. The minimum atomic E-state index is 0.232. The minimum absolute atomic E-state index is 0.232. The topological polar surface area (TPSA) is 46.3 Å². The summed E-state index contributed by atoms with van der Waals surface area (Å²) in [5.74, 6) is 1.52. The molecule has 4 heteroatoms. The Morgan fingerprint density at radius 1 is 1.35 bits per heavy atom. The second-order valence-corrected chi connectivity index (χ2v) is 5.85. The molecule has 1 aromatic rings. The van der Waals surface area contributed by atoms with Crippen LogP contribution in [0, 0.1) is 17.8 Å². The van der Waals surface area contributed by atoms with E-state index in [1.54, 1.807) is 0 Å². The van der Waals surface area contributed by atoms with Gasteiger partial charge in [0.05, 0.1) is 0 Å². The van der Waals surface area contributed by atoms with E-state index in [9.17, 15) is 4.79 Å². The van der Waals surface area contributed by atoms with Gasteiger partial charge in [-0.1, -0.05) is 28.1 Å². The van der Waals surface area contributed by atoms with Gasteiger partial charge in [0, 0.05) is 23.5 Å². The van der Waals surface area contributed by atoms with Crippen molar-refractivity contribution in [2.75, 3.05) is 13.1 Å². The molecule has 2 aliphatic rings. The van der Waals surface area contributed by atoms with E-state index in [-0.39, 0.29) is 5.92 Å². The first-order valence-corrected chi connectivity index (χ1v) is 6.73. The van der Waals surface area contributed by atoms with E-state index in [4.69, 9.17) is 5.73 Å². The normalized spacial score (nSPS) is 30.6. The largest absolute Gasteiger partial charge is 0.338 e. The maximum atomic E-state index is 12.0. The number of hydrogen-bond donors (Lipinski definition) is 1. The Hall–Kier alpha value is -0.870. The number of carbonyl (C=O) groups excluding carboxylic acids is 1. The van der Waals surface area contributed by atoms with Crippen molar-refractivity contribution in [3.8, 4) is 0 Å². The van der Waals surface area contributed by atoms with Crippen molar-refractivity contribution in [2.24, 2.45) is 23.5 Å². The lowest BCUT2D eigenvalue weighted by molar-refractivity contribution is -0.131. The van der Waals surface area contributed by atoms with Gasteiger partial charge in [-0.2, -0.15) is 0 Å². The van der Waals surface area contributed by atoms with Gasteiger partial charge in [-0.3, -0.25) is 4.79 Å². The van der Waals surface area contributed by atoms with Crippen molar-refractivity contribution >= 4 is 21.8 Å². The van der Waals surface area contributed by atoms with E-state index >= 15 is 0 Å². The van der Waals surface area contributed by atoms with Crippen LogP contribution in [0.5, 0.6) is 0 Å². The lowest BCUT2D eigenvalue weighted by Crippen LogP contribution is -2.30. The summed E-state index contributed by atoms with van der Waals surface area (Å²) < 4.78 is 1.07. The van der Waals surface area contributed by atoms with Crippen LogP contribution >= 0.6 is 15.9 Å². The Labute approximate surface area is 109 Å². The highest BCUT2D eigenvalue weighted by Gasteiger charge is 2.60. The molecule has 1 aliphatic carbocycles. The fourth-order valence-corrected chi connectivity index (χ4v) is 3.15. The number of rotatable bonds is 3. The van der Waals surface area contributed by atoms with Crippen molar-refractivity contribution in [1.29, 1.82) is 0 Å². The molecule has 3 unspecified atom stereocenters. The molecule has 0 spiro atoms. The van der Waals surface area contributed by atoms with E-state index in [1.807, 2.05) is 17.0 Å². The SMILES string of the molecule is NCC1C2CN(Cc3ccc(Br)cc3)C(=O)C12. The average Bonchev–Trinajstić information content (AvgIpc) is 2.94. The highest BCUT2D eigenvalue weighted by molar-refractivity contribution is 9.10. The predicted octanol–water partition coefficient (Wildman–Crippen LogP) is 1.61. The summed E-state index contributed by atoms with van der Waals surface area (Å²) in [7, 11) is 0. The van der Waals surface area contributed by atoms with Crippen molar-refractivity contribution in [3.05, 3.63) is 34.3 Å². The molecule has 2 fully saturated rings. The molecule has 17 heavy (non-hydrogen) atoms. The maximum absolute atomic E-state index is 12.0. The van der Waals surface area contributed by atoms with E-state index in [2.05, 4.69) is 28.1 Å². The van der Waals surface area contributed by atoms with Gasteiger partial charge in [0.15, 0.2) is 0 Å². The zero-order chi connectivity index (χ0) is 12.0. The van der Waals surface area contributed by atoms with Crippen LogP contribution in [-0.2, 0) is 11.3 Å². The quantitative estimate of drug-likeness (QED) is 0.921. The summed E-state index contributed by atoms with van der Waals surface area (Å²) in [6, 6.07) is 8.14. The highest BCUT2D eigenvalue weighted by atomic mass is 79.9. The number of benzene rings is 1. The fraction of sp³-hybridized carbons (Fsp3) is 0.462. The summed E-state index contributed by atoms with van der Waals surface area (Å²) >= 11 is 3.41. The van der Waals surface area contributed by atoms with Crippen LogP contribution in [0.15, 0.2) is 28.7 Å². The van der Waals surface area contributed by atoms with Gasteiger partial charge in [-0.05, 0) is 36.1 Å². The lowest BCUT2D eigenvalue weighted by Gasteiger charge is -2.19. The summed E-state index contributed by atoms with van der Waals surface area (Å²) in [4.78, 5) is 14.0. The first-order valence-electron chi connectivity index (χ1n) is 5.94. The van der Waals surface area contributed by atoms with E-state index in [0.29, 0.717) is 24.3 Å². The maximum Gasteiger partial charge on any atom is 0.226 e. The number of carbonyl (C=O) groups is 1. The van der Waals surface area contributed by atoms with E-state index in [1.165, 1.54) is 5.56 Å². The second-order valence-electron chi connectivity index (χ2n) is 4.93. The molecular weight excluding hydrogens is 280 g/mol. The van der Waals surface area contributed by atoms with Crippen molar-refractivity contribution < 1.29 is 4.79 Å². The number of piperidine rings is 1. The van der Waals surface area contributed by atoms with Crippen LogP contribution in [0.1, 0.15) is 5.56 Å². The molecule has 90 valence electrons. The average molecular weight is 295 g/mol. The standard InChI is InChI=1S/C13H15BrN2O/c14-9-3-1-8(2-4-9)6-16-7-11-10(5-15)12(11)13(16)17/h1-4,10-12H,5-7,15H2. The van der Waals surface area contributed by atoms with Gasteiger partial charge in [-0.15, -0.1) is 0 Å². The molecule has 1 aromatic carbocycles. The number of fused-ring (bicyclic) bond motifs is 1. The number of likely N-dealkylation sites (tertiary alicyclic amines) is 1. The van der Waals surface area contributed by atoms with Crippen LogP contribution in [0.2, 0.25) is 0 Å². The van der Waals surface area contributed by atoms with Crippen LogP contribution in [-0.4, -0.2) is 23.9 Å². The number of halogens is 1. The molecule has 1 aliphatic heterocycles. The van der Waals surface area contributed by atoms with Crippen LogP contribution in [0.25, 0.3) is 0 Å². The van der Waals surface area contributed by atoms with Crippen molar-refractivity contribution in [3.63, 3.8) is 0 Å². The molecule has 3 atom stereocenters. The van der Waals surface area contributed by atoms with Gasteiger partial charge < -0.3 is 10.6 Å². The predicted molar refractivity (Wildman–Crippen MR) is 69.1 cm³/mol. The summed E-state index contributed by atoms with van der Waals surface area (Å²) in [5.41, 5.74) is 6.81. The Kier molecular flexibility index (Phi) is 2.71. The molecule has 1 saturated heterocycles. The van der Waals surface area contributed by atoms with Gasteiger partial charge in [-0.25, -0.2) is 0 Å². The smallest absolute Gasteiger partial charge is 0.226 e. The third-order valence-electron chi connectivity index (χ3n) is 3.92.